The van der Waals surface area contributed by atoms with Crippen LogP contribution in [0.4, 0.5) is 0 Å². The lowest BCUT2D eigenvalue weighted by Gasteiger charge is -2.17. The summed E-state index contributed by atoms with van der Waals surface area (Å²) in [4.78, 5) is 0. The first-order valence-electron chi connectivity index (χ1n) is 4.10. The molecule has 2 heterocycles. The van der Waals surface area contributed by atoms with Gasteiger partial charge in [-0.3, -0.25) is 0 Å². The predicted octanol–water partition coefficient (Wildman–Crippen LogP) is 1.62. The number of alkyl halides is 1. The van der Waals surface area contributed by atoms with E-state index in [9.17, 15) is 0 Å². The maximum Gasteiger partial charge on any atom is 0.0671 e. The molecule has 2 atom stereocenters. The van der Waals surface area contributed by atoms with Gasteiger partial charge in [0.2, 0.25) is 0 Å². The van der Waals surface area contributed by atoms with E-state index in [1.54, 1.807) is 0 Å². The Morgan fingerprint density at radius 3 is 2.91 bits per heavy atom. The third-order valence-electron chi connectivity index (χ3n) is 2.64. The molecular weight excluding hydrogens is 255 g/mol. The normalized spacial score (nSPS) is 43.9. The lowest BCUT2D eigenvalue weighted by Crippen LogP contribution is -2.21. The van der Waals surface area contributed by atoms with Crippen molar-refractivity contribution in [2.45, 2.75) is 18.9 Å². The van der Waals surface area contributed by atoms with Gasteiger partial charge >= 0.3 is 0 Å². The van der Waals surface area contributed by atoms with Crippen molar-refractivity contribution >= 4 is 22.6 Å². The molecule has 0 unspecified atom stereocenters. The van der Waals surface area contributed by atoms with E-state index in [4.69, 9.17) is 9.47 Å². The van der Waals surface area contributed by atoms with Crippen LogP contribution < -0.4 is 0 Å². The summed E-state index contributed by atoms with van der Waals surface area (Å²) in [6.07, 6.45) is 2.92. The minimum absolute atomic E-state index is 0.413. The van der Waals surface area contributed by atoms with E-state index in [0.29, 0.717) is 11.5 Å². The molecule has 0 aromatic rings. The standard InChI is InChI=1S/C8H13IO2/c9-4-7-3-8(6-11-7)1-2-10-5-8/h7H,1-6H2/t7-,8+/m1/s1. The molecule has 2 rings (SSSR count). The molecule has 2 fully saturated rings. The molecule has 11 heavy (non-hydrogen) atoms. The highest BCUT2D eigenvalue weighted by molar-refractivity contribution is 14.1. The Morgan fingerprint density at radius 2 is 2.36 bits per heavy atom. The van der Waals surface area contributed by atoms with Crippen LogP contribution in [0.15, 0.2) is 0 Å². The molecule has 64 valence electrons. The first-order valence-corrected chi connectivity index (χ1v) is 5.63. The number of ether oxygens (including phenoxy) is 2. The van der Waals surface area contributed by atoms with Crippen molar-refractivity contribution in [1.82, 2.24) is 0 Å². The Hall–Kier alpha value is 0.650. The van der Waals surface area contributed by atoms with Crippen LogP contribution in [-0.4, -0.2) is 30.4 Å². The van der Waals surface area contributed by atoms with Gasteiger partial charge in [-0.25, -0.2) is 0 Å². The first kappa shape index (κ1) is 8.26. The molecule has 0 amide bonds. The van der Waals surface area contributed by atoms with Crippen molar-refractivity contribution in [2.75, 3.05) is 24.2 Å². The molecule has 3 heteroatoms. The lowest BCUT2D eigenvalue weighted by atomic mass is 9.85. The van der Waals surface area contributed by atoms with Gasteiger partial charge < -0.3 is 9.47 Å². The molecule has 0 saturated carbocycles. The van der Waals surface area contributed by atoms with E-state index < -0.39 is 0 Å². The van der Waals surface area contributed by atoms with Gasteiger partial charge in [0.1, 0.15) is 0 Å². The number of hydrogen-bond donors (Lipinski definition) is 0. The van der Waals surface area contributed by atoms with E-state index in [2.05, 4.69) is 22.6 Å². The summed E-state index contributed by atoms with van der Waals surface area (Å²) in [5.74, 6) is 0. The van der Waals surface area contributed by atoms with E-state index in [-0.39, 0.29) is 0 Å². The summed E-state index contributed by atoms with van der Waals surface area (Å²) >= 11 is 2.39. The first-order chi connectivity index (χ1) is 5.35. The number of hydrogen-bond acceptors (Lipinski definition) is 2. The maximum absolute atomic E-state index is 5.65. The Balaban J connectivity index is 1.96. The lowest BCUT2D eigenvalue weighted by molar-refractivity contribution is 0.0993. The molecule has 0 aliphatic carbocycles. The zero-order valence-electron chi connectivity index (χ0n) is 6.51. The quantitative estimate of drug-likeness (QED) is 0.531. The van der Waals surface area contributed by atoms with Crippen LogP contribution in [0.2, 0.25) is 0 Å². The summed E-state index contributed by atoms with van der Waals surface area (Å²) in [5, 5.41) is 0. The fraction of sp³-hybridized carbons (Fsp3) is 1.00. The Labute approximate surface area is 80.8 Å². The van der Waals surface area contributed by atoms with Gasteiger partial charge in [-0.1, -0.05) is 22.6 Å². The van der Waals surface area contributed by atoms with Gasteiger partial charge in [0.05, 0.1) is 19.3 Å². The summed E-state index contributed by atoms with van der Waals surface area (Å²) in [6.45, 7) is 2.80. The highest BCUT2D eigenvalue weighted by Gasteiger charge is 2.42. The minimum Gasteiger partial charge on any atom is -0.381 e. The van der Waals surface area contributed by atoms with Crippen LogP contribution in [0, 0.1) is 5.41 Å². The summed E-state index contributed by atoms with van der Waals surface area (Å²) < 4.78 is 12.2. The van der Waals surface area contributed by atoms with Crippen LogP contribution in [-0.2, 0) is 9.47 Å². The monoisotopic (exact) mass is 268 g/mol. The fourth-order valence-electron chi connectivity index (χ4n) is 1.92. The van der Waals surface area contributed by atoms with Crippen molar-refractivity contribution < 1.29 is 9.47 Å². The topological polar surface area (TPSA) is 18.5 Å². The van der Waals surface area contributed by atoms with Crippen LogP contribution in [0.3, 0.4) is 0 Å². The highest BCUT2D eigenvalue weighted by atomic mass is 127. The van der Waals surface area contributed by atoms with E-state index in [1.807, 2.05) is 0 Å². The molecule has 2 aliphatic rings. The van der Waals surface area contributed by atoms with Crippen molar-refractivity contribution in [3.8, 4) is 0 Å². The summed E-state index contributed by atoms with van der Waals surface area (Å²) in [6, 6.07) is 0. The van der Waals surface area contributed by atoms with Crippen LogP contribution in [0.5, 0.6) is 0 Å². The average molecular weight is 268 g/mol. The third kappa shape index (κ3) is 1.55. The third-order valence-corrected chi connectivity index (χ3v) is 3.63. The van der Waals surface area contributed by atoms with Crippen molar-refractivity contribution in [3.63, 3.8) is 0 Å². The highest BCUT2D eigenvalue weighted by Crippen LogP contribution is 2.40. The molecule has 2 aliphatic heterocycles. The van der Waals surface area contributed by atoms with Crippen molar-refractivity contribution in [2.24, 2.45) is 5.41 Å². The molecule has 0 N–H and O–H groups in total. The fourth-order valence-corrected chi connectivity index (χ4v) is 2.48. The van der Waals surface area contributed by atoms with E-state index in [1.165, 1.54) is 12.8 Å². The Bertz CT molecular complexity index is 143. The Kier molecular flexibility index (Phi) is 2.39. The smallest absolute Gasteiger partial charge is 0.0671 e. The second-order valence-electron chi connectivity index (χ2n) is 3.59. The molecule has 0 radical (unpaired) electrons. The van der Waals surface area contributed by atoms with Crippen LogP contribution in [0.1, 0.15) is 12.8 Å². The molecular formula is C8H13IO2. The number of rotatable bonds is 1. The van der Waals surface area contributed by atoms with Crippen LogP contribution >= 0.6 is 22.6 Å². The second kappa shape index (κ2) is 3.18. The molecule has 2 nitrogen and oxygen atoms in total. The Morgan fingerprint density at radius 1 is 1.45 bits per heavy atom. The number of halogens is 1. The molecule has 0 aromatic heterocycles. The molecule has 2 saturated heterocycles. The maximum atomic E-state index is 5.65. The van der Waals surface area contributed by atoms with Gasteiger partial charge in [0, 0.05) is 16.4 Å². The van der Waals surface area contributed by atoms with Gasteiger partial charge in [0.15, 0.2) is 0 Å². The van der Waals surface area contributed by atoms with E-state index in [0.717, 1.165) is 24.2 Å². The molecule has 0 aromatic carbocycles. The average Bonchev–Trinajstić information content (AvgIpc) is 2.62. The molecule has 1 spiro atoms. The largest absolute Gasteiger partial charge is 0.381 e. The zero-order valence-corrected chi connectivity index (χ0v) is 8.67. The van der Waals surface area contributed by atoms with Crippen LogP contribution in [0.25, 0.3) is 0 Å². The zero-order chi connectivity index (χ0) is 7.73. The van der Waals surface area contributed by atoms with E-state index >= 15 is 0 Å². The summed E-state index contributed by atoms with van der Waals surface area (Å²) in [7, 11) is 0. The van der Waals surface area contributed by atoms with Gasteiger partial charge in [-0.15, -0.1) is 0 Å². The van der Waals surface area contributed by atoms with Gasteiger partial charge in [-0.2, -0.15) is 0 Å². The van der Waals surface area contributed by atoms with Crippen molar-refractivity contribution in [3.05, 3.63) is 0 Å². The predicted molar refractivity (Wildman–Crippen MR) is 51.1 cm³/mol. The summed E-state index contributed by atoms with van der Waals surface area (Å²) in [5.41, 5.74) is 0.413. The second-order valence-corrected chi connectivity index (χ2v) is 4.47. The molecule has 0 bridgehead atoms. The van der Waals surface area contributed by atoms with Gasteiger partial charge in [-0.05, 0) is 12.8 Å². The van der Waals surface area contributed by atoms with Crippen molar-refractivity contribution in [1.29, 1.82) is 0 Å². The minimum atomic E-state index is 0.413. The van der Waals surface area contributed by atoms with Gasteiger partial charge in [0.25, 0.3) is 0 Å². The SMILES string of the molecule is IC[C@H]1C[C@]2(CCOC2)CO1.